The van der Waals surface area contributed by atoms with Crippen LogP contribution in [0.15, 0.2) is 47.4 Å². The highest BCUT2D eigenvalue weighted by atomic mass is 32.2. The van der Waals surface area contributed by atoms with E-state index in [1.807, 2.05) is 11.0 Å². The van der Waals surface area contributed by atoms with E-state index in [-0.39, 0.29) is 4.90 Å². The third kappa shape index (κ3) is 4.77. The Morgan fingerprint density at radius 3 is 2.10 bits per heavy atom. The summed E-state index contributed by atoms with van der Waals surface area (Å²) in [6.07, 6.45) is 0. The Morgan fingerprint density at radius 2 is 1.53 bits per heavy atom. The van der Waals surface area contributed by atoms with Gasteiger partial charge in [-0.1, -0.05) is 0 Å². The maximum Gasteiger partial charge on any atom is 0.243 e. The molecular weight excluding hydrogens is 426 g/mol. The highest BCUT2D eigenvalue weighted by Crippen LogP contribution is 2.30. The number of hydrogen-bond acceptors (Lipinski definition) is 6. The van der Waals surface area contributed by atoms with Crippen molar-refractivity contribution in [3.05, 3.63) is 42.5 Å². The van der Waals surface area contributed by atoms with Gasteiger partial charge in [-0.2, -0.15) is 4.31 Å². The number of ether oxygens (including phenoxy) is 3. The van der Waals surface area contributed by atoms with Gasteiger partial charge in [-0.05, 0) is 48.6 Å². The fourth-order valence-electron chi connectivity index (χ4n) is 3.14. The third-order valence-corrected chi connectivity index (χ3v) is 7.13. The minimum Gasteiger partial charge on any atom is -0.497 e. The molecule has 30 heavy (non-hydrogen) atoms. The molecule has 0 radical (unpaired) electrons. The summed E-state index contributed by atoms with van der Waals surface area (Å²) < 4.78 is 42.9. The molecule has 0 aromatic heterocycles. The van der Waals surface area contributed by atoms with Crippen molar-refractivity contribution in [2.75, 3.05) is 52.8 Å². The monoisotopic (exact) mass is 451 g/mol. The molecule has 1 fully saturated rings. The molecule has 1 aliphatic rings. The van der Waals surface area contributed by atoms with Gasteiger partial charge in [-0.15, -0.1) is 0 Å². The van der Waals surface area contributed by atoms with Gasteiger partial charge in [0.25, 0.3) is 0 Å². The van der Waals surface area contributed by atoms with Crippen molar-refractivity contribution in [1.82, 2.24) is 9.21 Å². The van der Waals surface area contributed by atoms with E-state index in [2.05, 4.69) is 5.32 Å². The molecule has 0 atom stereocenters. The molecule has 0 spiro atoms. The molecular formula is C20H25N3O5S2. The van der Waals surface area contributed by atoms with Crippen molar-refractivity contribution in [1.29, 1.82) is 0 Å². The number of nitrogens with zero attached hydrogens (tertiary/aromatic N) is 2. The number of piperazine rings is 1. The number of rotatable bonds is 6. The first-order valence-corrected chi connectivity index (χ1v) is 11.2. The van der Waals surface area contributed by atoms with Gasteiger partial charge in [0.1, 0.15) is 5.75 Å². The van der Waals surface area contributed by atoms with Crippen LogP contribution in [0, 0.1) is 0 Å². The summed E-state index contributed by atoms with van der Waals surface area (Å²) in [5, 5.41) is 3.71. The zero-order chi connectivity index (χ0) is 21.7. The average Bonchev–Trinajstić information content (AvgIpc) is 2.79. The van der Waals surface area contributed by atoms with E-state index < -0.39 is 10.0 Å². The maximum absolute atomic E-state index is 12.9. The van der Waals surface area contributed by atoms with Crippen LogP contribution in [-0.2, 0) is 10.0 Å². The number of anilines is 1. The van der Waals surface area contributed by atoms with Crippen LogP contribution >= 0.6 is 12.2 Å². The SMILES string of the molecule is COc1ccc(S(=O)(=O)N2CCN(C(=S)Nc3ccc(OC)c(OC)c3)CC2)cc1. The van der Waals surface area contributed by atoms with Gasteiger partial charge < -0.3 is 24.4 Å². The van der Waals surface area contributed by atoms with Crippen LogP contribution in [0.3, 0.4) is 0 Å². The zero-order valence-electron chi connectivity index (χ0n) is 17.1. The molecule has 0 saturated carbocycles. The van der Waals surface area contributed by atoms with E-state index in [4.69, 9.17) is 26.4 Å². The molecule has 1 heterocycles. The van der Waals surface area contributed by atoms with E-state index in [9.17, 15) is 8.42 Å². The van der Waals surface area contributed by atoms with Crippen LogP contribution in [0.1, 0.15) is 0 Å². The molecule has 3 rings (SSSR count). The normalized spacial score (nSPS) is 14.8. The van der Waals surface area contributed by atoms with Gasteiger partial charge in [-0.25, -0.2) is 8.42 Å². The summed E-state index contributed by atoms with van der Waals surface area (Å²) in [7, 11) is 1.14. The zero-order valence-corrected chi connectivity index (χ0v) is 18.8. The van der Waals surface area contributed by atoms with Gasteiger partial charge in [0.15, 0.2) is 16.6 Å². The van der Waals surface area contributed by atoms with E-state index in [0.717, 1.165) is 5.69 Å². The lowest BCUT2D eigenvalue weighted by atomic mass is 10.2. The van der Waals surface area contributed by atoms with Crippen molar-refractivity contribution in [2.45, 2.75) is 4.90 Å². The predicted octanol–water partition coefficient (Wildman–Crippen LogP) is 2.42. The highest BCUT2D eigenvalue weighted by molar-refractivity contribution is 7.89. The van der Waals surface area contributed by atoms with Crippen LogP contribution in [0.2, 0.25) is 0 Å². The fourth-order valence-corrected chi connectivity index (χ4v) is 4.87. The molecule has 0 bridgehead atoms. The Balaban J connectivity index is 1.61. The molecule has 1 saturated heterocycles. The van der Waals surface area contributed by atoms with Crippen molar-refractivity contribution in [2.24, 2.45) is 0 Å². The fraction of sp³-hybridized carbons (Fsp3) is 0.350. The molecule has 10 heteroatoms. The van der Waals surface area contributed by atoms with Gasteiger partial charge in [0.2, 0.25) is 10.0 Å². The second-order valence-electron chi connectivity index (χ2n) is 6.57. The van der Waals surface area contributed by atoms with Crippen LogP contribution in [-0.4, -0.2) is 70.2 Å². The molecule has 2 aromatic rings. The van der Waals surface area contributed by atoms with Crippen molar-refractivity contribution in [3.63, 3.8) is 0 Å². The standard InChI is InChI=1S/C20H25N3O5S2/c1-26-16-5-7-17(8-6-16)30(24,25)23-12-10-22(11-13-23)20(29)21-15-4-9-18(27-2)19(14-15)28-3/h4-9,14H,10-13H2,1-3H3,(H,21,29). The van der Waals surface area contributed by atoms with Crippen LogP contribution < -0.4 is 19.5 Å². The number of thiocarbonyl (C=S) groups is 1. The summed E-state index contributed by atoms with van der Waals surface area (Å²) in [6.45, 7) is 1.69. The van der Waals surface area contributed by atoms with E-state index >= 15 is 0 Å². The number of methoxy groups -OCH3 is 3. The number of nitrogens with one attached hydrogen (secondary N) is 1. The number of hydrogen-bond donors (Lipinski definition) is 1. The quantitative estimate of drug-likeness (QED) is 0.671. The molecule has 0 unspecified atom stereocenters. The summed E-state index contributed by atoms with van der Waals surface area (Å²) in [5.41, 5.74) is 0.769. The summed E-state index contributed by atoms with van der Waals surface area (Å²) >= 11 is 5.51. The molecule has 1 aliphatic heterocycles. The van der Waals surface area contributed by atoms with Gasteiger partial charge in [0.05, 0.1) is 26.2 Å². The van der Waals surface area contributed by atoms with Crippen LogP contribution in [0.4, 0.5) is 5.69 Å². The second kappa shape index (κ2) is 9.50. The average molecular weight is 452 g/mol. The Hall–Kier alpha value is -2.56. The minimum atomic E-state index is -3.55. The molecule has 2 aromatic carbocycles. The number of sulfonamides is 1. The van der Waals surface area contributed by atoms with E-state index in [1.165, 1.54) is 4.31 Å². The third-order valence-electron chi connectivity index (χ3n) is 4.86. The van der Waals surface area contributed by atoms with Gasteiger partial charge in [-0.3, -0.25) is 0 Å². The van der Waals surface area contributed by atoms with Crippen LogP contribution in [0.5, 0.6) is 17.2 Å². The van der Waals surface area contributed by atoms with E-state index in [0.29, 0.717) is 48.5 Å². The Morgan fingerprint density at radius 1 is 0.900 bits per heavy atom. The predicted molar refractivity (Wildman–Crippen MR) is 119 cm³/mol. The lowest BCUT2D eigenvalue weighted by Crippen LogP contribution is -2.51. The molecule has 8 nitrogen and oxygen atoms in total. The molecule has 0 aliphatic carbocycles. The van der Waals surface area contributed by atoms with Gasteiger partial charge in [0, 0.05) is 37.9 Å². The summed E-state index contributed by atoms with van der Waals surface area (Å²) in [5.74, 6) is 1.84. The van der Waals surface area contributed by atoms with E-state index in [1.54, 1.807) is 57.7 Å². The van der Waals surface area contributed by atoms with Crippen molar-refractivity contribution >= 4 is 33.0 Å². The van der Waals surface area contributed by atoms with Crippen molar-refractivity contribution < 1.29 is 22.6 Å². The van der Waals surface area contributed by atoms with Crippen molar-refractivity contribution in [3.8, 4) is 17.2 Å². The number of benzene rings is 2. The Kier molecular flexibility index (Phi) is 7.01. The van der Waals surface area contributed by atoms with Gasteiger partial charge >= 0.3 is 0 Å². The topological polar surface area (TPSA) is 80.3 Å². The summed E-state index contributed by atoms with van der Waals surface area (Å²) in [4.78, 5) is 2.20. The first-order chi connectivity index (χ1) is 14.4. The molecule has 1 N–H and O–H groups in total. The Bertz CT molecular complexity index is 988. The second-order valence-corrected chi connectivity index (χ2v) is 8.89. The molecule has 162 valence electrons. The Labute approximate surface area is 182 Å². The first kappa shape index (κ1) is 22.1. The summed E-state index contributed by atoms with van der Waals surface area (Å²) in [6, 6.07) is 11.8. The highest BCUT2D eigenvalue weighted by Gasteiger charge is 2.29. The largest absolute Gasteiger partial charge is 0.497 e. The minimum absolute atomic E-state index is 0.253. The lowest BCUT2D eigenvalue weighted by Gasteiger charge is -2.35. The maximum atomic E-state index is 12.9. The lowest BCUT2D eigenvalue weighted by molar-refractivity contribution is 0.268. The van der Waals surface area contributed by atoms with Crippen LogP contribution in [0.25, 0.3) is 0 Å². The smallest absolute Gasteiger partial charge is 0.243 e. The first-order valence-electron chi connectivity index (χ1n) is 9.31. The molecule has 0 amide bonds.